The summed E-state index contributed by atoms with van der Waals surface area (Å²) in [6, 6.07) is 8.11. The lowest BCUT2D eigenvalue weighted by molar-refractivity contribution is -0.122. The van der Waals surface area contributed by atoms with Crippen LogP contribution in [0.15, 0.2) is 29.2 Å². The molecule has 3 heterocycles. The van der Waals surface area contributed by atoms with E-state index in [-0.39, 0.29) is 5.91 Å². The van der Waals surface area contributed by atoms with Crippen LogP contribution >= 0.6 is 0 Å². The second-order valence-electron chi connectivity index (χ2n) is 8.21. The number of nitrogens with zero attached hydrogens (tertiary/aromatic N) is 1. The fourth-order valence-corrected chi connectivity index (χ4v) is 6.25. The third-order valence-electron chi connectivity index (χ3n) is 6.16. The summed E-state index contributed by atoms with van der Waals surface area (Å²) in [7, 11) is -3.37. The Morgan fingerprint density at radius 1 is 1.07 bits per heavy atom. The Hall–Kier alpha value is -1.44. The quantitative estimate of drug-likeness (QED) is 0.778. The van der Waals surface area contributed by atoms with E-state index in [0.717, 1.165) is 31.2 Å². The van der Waals surface area contributed by atoms with Crippen molar-refractivity contribution in [2.24, 2.45) is 5.92 Å². The van der Waals surface area contributed by atoms with Gasteiger partial charge in [0, 0.05) is 38.1 Å². The van der Waals surface area contributed by atoms with Gasteiger partial charge in [0.1, 0.15) is 0 Å². The molecule has 2 unspecified atom stereocenters. The molecule has 2 bridgehead atoms. The summed E-state index contributed by atoms with van der Waals surface area (Å²) in [5, 5.41) is 6.60. The van der Waals surface area contributed by atoms with Crippen LogP contribution in [-0.2, 0) is 21.4 Å². The zero-order valence-corrected chi connectivity index (χ0v) is 16.5. The minimum absolute atomic E-state index is 0.0927. The van der Waals surface area contributed by atoms with Crippen LogP contribution in [0.2, 0.25) is 0 Å². The molecule has 6 nitrogen and oxygen atoms in total. The first-order chi connectivity index (χ1) is 13.0. The molecule has 3 saturated heterocycles. The van der Waals surface area contributed by atoms with Gasteiger partial charge in [-0.2, -0.15) is 4.31 Å². The van der Waals surface area contributed by atoms with Crippen molar-refractivity contribution in [2.45, 2.75) is 68.5 Å². The van der Waals surface area contributed by atoms with Crippen LogP contribution < -0.4 is 10.6 Å². The topological polar surface area (TPSA) is 78.5 Å². The summed E-state index contributed by atoms with van der Waals surface area (Å²) < 4.78 is 26.6. The number of carbonyl (C=O) groups excluding carboxylic acids is 1. The zero-order chi connectivity index (χ0) is 18.9. The first kappa shape index (κ1) is 18.9. The minimum atomic E-state index is -3.37. The van der Waals surface area contributed by atoms with Gasteiger partial charge in [-0.1, -0.05) is 12.1 Å². The predicted molar refractivity (Wildman–Crippen MR) is 104 cm³/mol. The van der Waals surface area contributed by atoms with Crippen LogP contribution in [0.1, 0.15) is 50.5 Å². The number of piperidine rings is 1. The van der Waals surface area contributed by atoms with Crippen molar-refractivity contribution in [3.63, 3.8) is 0 Å². The van der Waals surface area contributed by atoms with Crippen molar-refractivity contribution in [3.05, 3.63) is 29.8 Å². The summed E-state index contributed by atoms with van der Waals surface area (Å²) in [5.41, 5.74) is 0.925. The molecule has 27 heavy (non-hydrogen) atoms. The van der Waals surface area contributed by atoms with Gasteiger partial charge in [-0.15, -0.1) is 0 Å². The van der Waals surface area contributed by atoms with Crippen LogP contribution in [-0.4, -0.2) is 43.8 Å². The molecule has 3 aliphatic heterocycles. The zero-order valence-electron chi connectivity index (χ0n) is 15.7. The second-order valence-corrected chi connectivity index (χ2v) is 10.1. The maximum absolute atomic E-state index is 12.5. The third kappa shape index (κ3) is 4.36. The summed E-state index contributed by atoms with van der Waals surface area (Å²) in [4.78, 5) is 12.6. The summed E-state index contributed by atoms with van der Waals surface area (Å²) in [6.45, 7) is 1.66. The van der Waals surface area contributed by atoms with Crippen LogP contribution in [0.4, 0.5) is 0 Å². The Morgan fingerprint density at radius 2 is 1.70 bits per heavy atom. The van der Waals surface area contributed by atoms with E-state index in [1.54, 1.807) is 28.6 Å². The number of rotatable bonds is 6. The fraction of sp³-hybridized carbons (Fsp3) is 0.650. The molecule has 2 atom stereocenters. The lowest BCUT2D eigenvalue weighted by Gasteiger charge is -2.28. The lowest BCUT2D eigenvalue weighted by atomic mass is 9.89. The van der Waals surface area contributed by atoms with E-state index in [4.69, 9.17) is 0 Å². The molecule has 7 heteroatoms. The largest absolute Gasteiger partial charge is 0.352 e. The van der Waals surface area contributed by atoms with E-state index < -0.39 is 10.0 Å². The Bertz CT molecular complexity index is 760. The number of nitrogens with one attached hydrogen (secondary N) is 2. The molecule has 4 rings (SSSR count). The van der Waals surface area contributed by atoms with E-state index >= 15 is 0 Å². The Kier molecular flexibility index (Phi) is 5.53. The van der Waals surface area contributed by atoms with Crippen molar-refractivity contribution in [3.8, 4) is 0 Å². The predicted octanol–water partition coefficient (Wildman–Crippen LogP) is 2.01. The van der Waals surface area contributed by atoms with E-state index in [1.165, 1.54) is 12.8 Å². The molecule has 1 aromatic rings. The monoisotopic (exact) mass is 391 g/mol. The van der Waals surface area contributed by atoms with Gasteiger partial charge in [-0.05, 0) is 62.1 Å². The number of benzene rings is 1. The molecule has 0 spiro atoms. The Labute approximate surface area is 161 Å². The molecule has 0 aromatic heterocycles. The second kappa shape index (κ2) is 7.89. The minimum Gasteiger partial charge on any atom is -0.352 e. The molecular weight excluding hydrogens is 362 g/mol. The molecule has 2 N–H and O–H groups in total. The van der Waals surface area contributed by atoms with Crippen molar-refractivity contribution < 1.29 is 13.2 Å². The Balaban J connectivity index is 1.28. The number of fused-ring (bicyclic) bond motifs is 2. The Morgan fingerprint density at radius 3 is 2.33 bits per heavy atom. The van der Waals surface area contributed by atoms with E-state index in [0.29, 0.717) is 49.0 Å². The normalized spacial score (nSPS) is 28.4. The van der Waals surface area contributed by atoms with Crippen LogP contribution in [0.5, 0.6) is 0 Å². The highest BCUT2D eigenvalue weighted by Crippen LogP contribution is 2.32. The number of hydrogen-bond acceptors (Lipinski definition) is 4. The standard InChI is InChI=1S/C20H29N3O3S/c24-20(13-16-11-17-5-6-18(12-16)22-17)21-14-15-3-7-19(8-4-15)27(25,26)23-9-1-2-10-23/h3-4,7-8,16-18,22H,1-2,5-6,9-14H2,(H,21,24). The van der Waals surface area contributed by atoms with Gasteiger partial charge >= 0.3 is 0 Å². The summed E-state index contributed by atoms with van der Waals surface area (Å²) in [6.07, 6.45) is 7.16. The lowest BCUT2D eigenvalue weighted by Crippen LogP contribution is -2.39. The third-order valence-corrected chi connectivity index (χ3v) is 8.07. The van der Waals surface area contributed by atoms with Gasteiger partial charge in [-0.25, -0.2) is 8.42 Å². The molecule has 148 valence electrons. The maximum atomic E-state index is 12.5. The van der Waals surface area contributed by atoms with Crippen molar-refractivity contribution in [2.75, 3.05) is 13.1 Å². The fourth-order valence-electron chi connectivity index (χ4n) is 4.73. The highest BCUT2D eigenvalue weighted by atomic mass is 32.2. The van der Waals surface area contributed by atoms with Gasteiger partial charge < -0.3 is 10.6 Å². The van der Waals surface area contributed by atoms with Gasteiger partial charge in [0.05, 0.1) is 4.90 Å². The average Bonchev–Trinajstić information content (AvgIpc) is 3.31. The molecule has 3 aliphatic rings. The molecule has 1 aromatic carbocycles. The van der Waals surface area contributed by atoms with E-state index in [1.807, 2.05) is 0 Å². The highest BCUT2D eigenvalue weighted by molar-refractivity contribution is 7.89. The SMILES string of the molecule is O=C(CC1CC2CCC(C1)N2)NCc1ccc(S(=O)(=O)N2CCCC2)cc1. The molecule has 3 fully saturated rings. The maximum Gasteiger partial charge on any atom is 0.243 e. The van der Waals surface area contributed by atoms with Crippen LogP contribution in [0.3, 0.4) is 0 Å². The smallest absolute Gasteiger partial charge is 0.243 e. The molecule has 0 radical (unpaired) electrons. The van der Waals surface area contributed by atoms with Gasteiger partial charge in [0.2, 0.25) is 15.9 Å². The first-order valence-corrected chi connectivity index (χ1v) is 11.6. The molecular formula is C20H29N3O3S. The van der Waals surface area contributed by atoms with Crippen LogP contribution in [0, 0.1) is 5.92 Å². The van der Waals surface area contributed by atoms with Crippen LogP contribution in [0.25, 0.3) is 0 Å². The van der Waals surface area contributed by atoms with Gasteiger partial charge in [0.15, 0.2) is 0 Å². The number of amides is 1. The van der Waals surface area contributed by atoms with Gasteiger partial charge in [0.25, 0.3) is 0 Å². The molecule has 0 saturated carbocycles. The number of hydrogen-bond donors (Lipinski definition) is 2. The average molecular weight is 392 g/mol. The highest BCUT2D eigenvalue weighted by Gasteiger charge is 2.34. The van der Waals surface area contributed by atoms with Crippen molar-refractivity contribution in [1.82, 2.24) is 14.9 Å². The van der Waals surface area contributed by atoms with E-state index in [2.05, 4.69) is 10.6 Å². The van der Waals surface area contributed by atoms with E-state index in [9.17, 15) is 13.2 Å². The summed E-state index contributed by atoms with van der Waals surface area (Å²) >= 11 is 0. The summed E-state index contributed by atoms with van der Waals surface area (Å²) in [5.74, 6) is 0.576. The van der Waals surface area contributed by atoms with Gasteiger partial charge in [-0.3, -0.25) is 4.79 Å². The first-order valence-electron chi connectivity index (χ1n) is 10.1. The molecule has 0 aliphatic carbocycles. The number of carbonyl (C=O) groups is 1. The van der Waals surface area contributed by atoms with Crippen molar-refractivity contribution in [1.29, 1.82) is 0 Å². The molecule has 1 amide bonds. The number of sulfonamides is 1. The van der Waals surface area contributed by atoms with Crippen molar-refractivity contribution >= 4 is 15.9 Å².